The highest BCUT2D eigenvalue weighted by Gasteiger charge is 2.17. The molecule has 0 bridgehead atoms. The van der Waals surface area contributed by atoms with Crippen molar-refractivity contribution >= 4 is 21.6 Å². The summed E-state index contributed by atoms with van der Waals surface area (Å²) in [5.74, 6) is 2.37. The molecule has 16 heavy (non-hydrogen) atoms. The maximum absolute atomic E-state index is 11.8. The van der Waals surface area contributed by atoms with Gasteiger partial charge < -0.3 is 0 Å². The molecule has 1 unspecified atom stereocenters. The second kappa shape index (κ2) is 5.35. The Balaban J connectivity index is 3.00. The van der Waals surface area contributed by atoms with E-state index in [1.165, 1.54) is 12.1 Å². The molecule has 0 saturated heterocycles. The molecule has 0 radical (unpaired) electrons. The summed E-state index contributed by atoms with van der Waals surface area (Å²) in [6, 6.07) is 5.54. The van der Waals surface area contributed by atoms with Gasteiger partial charge in [0.25, 0.3) is 0 Å². The van der Waals surface area contributed by atoms with Crippen LogP contribution >= 0.6 is 11.6 Å². The minimum Gasteiger partial charge on any atom is -0.207 e. The standard InChI is InChI=1S/C11H12ClNO2S/c1-3-10(4-2)13-16(14,15)11-7-5-6-9(12)8-11/h1,5-8,10,13H,4H2,2H3. The molecule has 5 heteroatoms. The van der Waals surface area contributed by atoms with Crippen LogP contribution in [0.5, 0.6) is 0 Å². The fourth-order valence-electron chi connectivity index (χ4n) is 1.12. The Hall–Kier alpha value is -1.02. The van der Waals surface area contributed by atoms with Gasteiger partial charge in [0.05, 0.1) is 10.9 Å². The third-order valence-electron chi connectivity index (χ3n) is 2.01. The maximum Gasteiger partial charge on any atom is 0.241 e. The van der Waals surface area contributed by atoms with Crippen molar-refractivity contribution in [2.24, 2.45) is 0 Å². The number of halogens is 1. The van der Waals surface area contributed by atoms with Crippen molar-refractivity contribution in [3.8, 4) is 12.3 Å². The third kappa shape index (κ3) is 3.24. The van der Waals surface area contributed by atoms with E-state index >= 15 is 0 Å². The Labute approximate surface area is 101 Å². The maximum atomic E-state index is 11.8. The van der Waals surface area contributed by atoms with Crippen molar-refractivity contribution < 1.29 is 8.42 Å². The quantitative estimate of drug-likeness (QED) is 0.839. The largest absolute Gasteiger partial charge is 0.241 e. The number of terminal acetylenes is 1. The van der Waals surface area contributed by atoms with Crippen LogP contribution in [0, 0.1) is 12.3 Å². The van der Waals surface area contributed by atoms with Gasteiger partial charge in [-0.05, 0) is 24.6 Å². The third-order valence-corrected chi connectivity index (χ3v) is 3.72. The molecular formula is C11H12ClNO2S. The van der Waals surface area contributed by atoms with Crippen molar-refractivity contribution in [2.45, 2.75) is 24.3 Å². The van der Waals surface area contributed by atoms with Crippen molar-refractivity contribution in [2.75, 3.05) is 0 Å². The van der Waals surface area contributed by atoms with Crippen LogP contribution in [0.2, 0.25) is 5.02 Å². The first-order valence-corrected chi connectivity index (χ1v) is 6.59. The first kappa shape index (κ1) is 13.0. The number of rotatable bonds is 4. The average Bonchev–Trinajstić information content (AvgIpc) is 2.26. The monoisotopic (exact) mass is 257 g/mol. The van der Waals surface area contributed by atoms with Crippen molar-refractivity contribution in [3.63, 3.8) is 0 Å². The molecule has 0 heterocycles. The van der Waals surface area contributed by atoms with Gasteiger partial charge in [0.15, 0.2) is 0 Å². The second-order valence-corrected chi connectivity index (χ2v) is 5.36. The molecule has 1 aromatic carbocycles. The van der Waals surface area contributed by atoms with E-state index in [-0.39, 0.29) is 4.90 Å². The lowest BCUT2D eigenvalue weighted by molar-refractivity contribution is 0.570. The first-order valence-electron chi connectivity index (χ1n) is 4.73. The first-order chi connectivity index (χ1) is 7.49. The zero-order valence-electron chi connectivity index (χ0n) is 8.77. The van der Waals surface area contributed by atoms with Gasteiger partial charge in [-0.15, -0.1) is 6.42 Å². The molecule has 1 rings (SSSR count). The Kier molecular flexibility index (Phi) is 4.36. The molecule has 1 aromatic rings. The molecule has 0 aromatic heterocycles. The minimum atomic E-state index is -3.58. The van der Waals surface area contributed by atoms with Crippen LogP contribution in [0.4, 0.5) is 0 Å². The van der Waals surface area contributed by atoms with E-state index in [0.717, 1.165) is 0 Å². The van der Waals surface area contributed by atoms with Gasteiger partial charge in [-0.2, -0.15) is 4.72 Å². The van der Waals surface area contributed by atoms with Crippen molar-refractivity contribution in [1.82, 2.24) is 4.72 Å². The summed E-state index contributed by atoms with van der Waals surface area (Å²) < 4.78 is 26.1. The van der Waals surface area contributed by atoms with E-state index in [1.807, 2.05) is 6.92 Å². The average molecular weight is 258 g/mol. The molecule has 0 fully saturated rings. The Bertz CT molecular complexity index is 505. The minimum absolute atomic E-state index is 0.119. The Morgan fingerprint density at radius 3 is 2.75 bits per heavy atom. The van der Waals surface area contributed by atoms with E-state index in [0.29, 0.717) is 11.4 Å². The molecule has 0 spiro atoms. The van der Waals surface area contributed by atoms with Crippen LogP contribution in [-0.4, -0.2) is 14.5 Å². The predicted octanol–water partition coefficient (Wildman–Crippen LogP) is 2.03. The smallest absolute Gasteiger partial charge is 0.207 e. The van der Waals surface area contributed by atoms with E-state index in [2.05, 4.69) is 10.6 Å². The van der Waals surface area contributed by atoms with Gasteiger partial charge in [0.1, 0.15) is 0 Å². The summed E-state index contributed by atoms with van der Waals surface area (Å²) in [6.45, 7) is 1.81. The molecule has 0 amide bonds. The predicted molar refractivity (Wildman–Crippen MR) is 64.7 cm³/mol. The van der Waals surface area contributed by atoms with Crippen LogP contribution in [0.15, 0.2) is 29.2 Å². The normalized spacial score (nSPS) is 13.1. The topological polar surface area (TPSA) is 46.2 Å². The summed E-state index contributed by atoms with van der Waals surface area (Å²) in [5.41, 5.74) is 0. The summed E-state index contributed by atoms with van der Waals surface area (Å²) in [4.78, 5) is 0.119. The highest BCUT2D eigenvalue weighted by Crippen LogP contribution is 2.15. The molecule has 86 valence electrons. The van der Waals surface area contributed by atoms with Gasteiger partial charge in [-0.1, -0.05) is 30.5 Å². The van der Waals surface area contributed by atoms with E-state index in [9.17, 15) is 8.42 Å². The van der Waals surface area contributed by atoms with E-state index in [4.69, 9.17) is 18.0 Å². The Morgan fingerprint density at radius 2 is 2.25 bits per heavy atom. The lowest BCUT2D eigenvalue weighted by atomic mass is 10.3. The fourth-order valence-corrected chi connectivity index (χ4v) is 2.66. The molecular weight excluding hydrogens is 246 g/mol. The van der Waals surface area contributed by atoms with Crippen LogP contribution in [-0.2, 0) is 10.0 Å². The van der Waals surface area contributed by atoms with Gasteiger partial charge in [0.2, 0.25) is 10.0 Å². The zero-order chi connectivity index (χ0) is 12.2. The molecule has 1 N–H and O–H groups in total. The van der Waals surface area contributed by atoms with Crippen LogP contribution < -0.4 is 4.72 Å². The summed E-state index contributed by atoms with van der Waals surface area (Å²) in [7, 11) is -3.58. The van der Waals surface area contributed by atoms with Gasteiger partial charge in [-0.25, -0.2) is 8.42 Å². The van der Waals surface area contributed by atoms with Crippen LogP contribution in [0.25, 0.3) is 0 Å². The number of hydrogen-bond acceptors (Lipinski definition) is 2. The van der Waals surface area contributed by atoms with Crippen LogP contribution in [0.3, 0.4) is 0 Å². The molecule has 0 aliphatic carbocycles. The van der Waals surface area contributed by atoms with Crippen LogP contribution in [0.1, 0.15) is 13.3 Å². The van der Waals surface area contributed by atoms with E-state index in [1.54, 1.807) is 12.1 Å². The van der Waals surface area contributed by atoms with Crippen molar-refractivity contribution in [1.29, 1.82) is 0 Å². The lowest BCUT2D eigenvalue weighted by Crippen LogP contribution is -2.33. The molecule has 1 atom stereocenters. The highest BCUT2D eigenvalue weighted by molar-refractivity contribution is 7.89. The summed E-state index contributed by atoms with van der Waals surface area (Å²) in [6.07, 6.45) is 5.73. The van der Waals surface area contributed by atoms with Gasteiger partial charge in [-0.3, -0.25) is 0 Å². The SMILES string of the molecule is C#CC(CC)NS(=O)(=O)c1cccc(Cl)c1. The number of hydrogen-bond donors (Lipinski definition) is 1. The second-order valence-electron chi connectivity index (χ2n) is 3.21. The van der Waals surface area contributed by atoms with Gasteiger partial charge >= 0.3 is 0 Å². The molecule has 0 aliphatic rings. The van der Waals surface area contributed by atoms with E-state index < -0.39 is 16.1 Å². The number of nitrogens with one attached hydrogen (secondary N) is 1. The molecule has 0 saturated carbocycles. The Morgan fingerprint density at radius 1 is 1.56 bits per heavy atom. The number of sulfonamides is 1. The highest BCUT2D eigenvalue weighted by atomic mass is 35.5. The molecule has 3 nitrogen and oxygen atoms in total. The fraction of sp³-hybridized carbons (Fsp3) is 0.273. The zero-order valence-corrected chi connectivity index (χ0v) is 10.3. The lowest BCUT2D eigenvalue weighted by Gasteiger charge is -2.11. The number of benzene rings is 1. The van der Waals surface area contributed by atoms with Crippen molar-refractivity contribution in [3.05, 3.63) is 29.3 Å². The molecule has 0 aliphatic heterocycles. The summed E-state index contributed by atoms with van der Waals surface area (Å²) in [5, 5.41) is 0.372. The summed E-state index contributed by atoms with van der Waals surface area (Å²) >= 11 is 5.72. The van der Waals surface area contributed by atoms with Gasteiger partial charge in [0, 0.05) is 5.02 Å².